The molecule has 230 valence electrons. The van der Waals surface area contributed by atoms with Gasteiger partial charge in [-0.15, -0.1) is 0 Å². The summed E-state index contributed by atoms with van der Waals surface area (Å²) < 4.78 is 9.11. The van der Waals surface area contributed by atoms with Crippen molar-refractivity contribution in [3.05, 3.63) is 107 Å². The van der Waals surface area contributed by atoms with Gasteiger partial charge in [-0.2, -0.15) is 5.26 Å². The maximum absolute atomic E-state index is 10.5. The number of pyridine rings is 1. The van der Waals surface area contributed by atoms with Gasteiger partial charge >= 0.3 is 0 Å². The molecule has 0 spiro atoms. The number of aromatic nitrogens is 2. The molecule has 0 saturated heterocycles. The Morgan fingerprint density at radius 2 is 1.17 bits per heavy atom. The van der Waals surface area contributed by atoms with Crippen LogP contribution in [0.5, 0.6) is 0 Å². The fourth-order valence-electron chi connectivity index (χ4n) is 6.56. The first-order valence-electron chi connectivity index (χ1n) is 16.1. The van der Waals surface area contributed by atoms with Crippen LogP contribution in [-0.4, -0.2) is 9.55 Å². The minimum Gasteiger partial charge on any atom is -0.453 e. The van der Waals surface area contributed by atoms with Crippen LogP contribution in [0, 0.1) is 11.3 Å². The average Bonchev–Trinajstić information content (AvgIpc) is 3.54. The summed E-state index contributed by atoms with van der Waals surface area (Å²) in [5.41, 5.74) is 10.5. The summed E-state index contributed by atoms with van der Waals surface area (Å²) in [6, 6.07) is 30.4. The largest absolute Gasteiger partial charge is 0.453 e. The number of furan rings is 1. The van der Waals surface area contributed by atoms with Crippen molar-refractivity contribution in [3.63, 3.8) is 0 Å². The molecule has 4 heteroatoms. The Bertz CT molecular complexity index is 2290. The lowest BCUT2D eigenvalue weighted by atomic mass is 9.85. The first-order chi connectivity index (χ1) is 21.7. The molecule has 0 aliphatic heterocycles. The highest BCUT2D eigenvalue weighted by Gasteiger charge is 2.25. The van der Waals surface area contributed by atoms with Crippen LogP contribution in [0.4, 0.5) is 0 Å². The third-order valence-electron chi connectivity index (χ3n) is 9.39. The summed E-state index contributed by atoms with van der Waals surface area (Å²) >= 11 is 0. The zero-order chi connectivity index (χ0) is 32.8. The van der Waals surface area contributed by atoms with Crippen LogP contribution in [0.25, 0.3) is 60.7 Å². The fourth-order valence-corrected chi connectivity index (χ4v) is 6.56. The SMILES string of the molecule is CC(C)(C)c1ccc(-c2cccc3c2oc2c(-n4c5ccc(C(C)(C)C)cc5c5cc(C(C)(C)C)ccc54)c(C#N)ccc23)nc1. The molecule has 7 aromatic rings. The Morgan fingerprint density at radius 1 is 0.609 bits per heavy atom. The number of benzene rings is 4. The smallest absolute Gasteiger partial charge is 0.160 e. The second-order valence-electron chi connectivity index (χ2n) is 15.7. The van der Waals surface area contributed by atoms with E-state index in [0.717, 1.165) is 44.3 Å². The van der Waals surface area contributed by atoms with E-state index in [0.29, 0.717) is 11.1 Å². The van der Waals surface area contributed by atoms with Crippen molar-refractivity contribution in [1.29, 1.82) is 5.26 Å². The molecule has 3 aromatic heterocycles. The molecular formula is C42H41N3O. The van der Waals surface area contributed by atoms with Crippen LogP contribution in [0.15, 0.2) is 89.5 Å². The number of rotatable bonds is 2. The lowest BCUT2D eigenvalue weighted by Gasteiger charge is -2.19. The van der Waals surface area contributed by atoms with Gasteiger partial charge in [-0.05, 0) is 81.5 Å². The van der Waals surface area contributed by atoms with Crippen LogP contribution < -0.4 is 0 Å². The number of hydrogen-bond acceptors (Lipinski definition) is 3. The zero-order valence-corrected chi connectivity index (χ0v) is 28.3. The maximum atomic E-state index is 10.5. The Labute approximate surface area is 271 Å². The van der Waals surface area contributed by atoms with Gasteiger partial charge in [0.05, 0.1) is 22.3 Å². The zero-order valence-electron chi connectivity index (χ0n) is 28.3. The third kappa shape index (κ3) is 4.69. The molecule has 0 radical (unpaired) electrons. The first kappa shape index (κ1) is 29.8. The van der Waals surface area contributed by atoms with Crippen molar-refractivity contribution >= 4 is 43.7 Å². The lowest BCUT2D eigenvalue weighted by molar-refractivity contribution is 0.587. The summed E-state index contributed by atoms with van der Waals surface area (Å²) in [5, 5.41) is 14.8. The molecule has 0 amide bonds. The highest BCUT2D eigenvalue weighted by molar-refractivity contribution is 6.15. The molecule has 0 fully saturated rings. The van der Waals surface area contributed by atoms with E-state index >= 15 is 0 Å². The van der Waals surface area contributed by atoms with Gasteiger partial charge in [0.25, 0.3) is 0 Å². The van der Waals surface area contributed by atoms with Crippen molar-refractivity contribution in [2.75, 3.05) is 0 Å². The van der Waals surface area contributed by atoms with Crippen LogP contribution in [0.3, 0.4) is 0 Å². The van der Waals surface area contributed by atoms with Crippen molar-refractivity contribution in [1.82, 2.24) is 9.55 Å². The molecule has 0 saturated carbocycles. The van der Waals surface area contributed by atoms with Crippen LogP contribution in [0.2, 0.25) is 0 Å². The summed E-state index contributed by atoms with van der Waals surface area (Å²) in [7, 11) is 0. The predicted octanol–water partition coefficient (Wildman–Crippen LogP) is 11.5. The van der Waals surface area contributed by atoms with Gasteiger partial charge in [0, 0.05) is 33.3 Å². The molecule has 0 atom stereocenters. The van der Waals surface area contributed by atoms with Gasteiger partial charge < -0.3 is 8.98 Å². The second-order valence-corrected chi connectivity index (χ2v) is 15.7. The summed E-state index contributed by atoms with van der Waals surface area (Å²) in [5.74, 6) is 0. The van der Waals surface area contributed by atoms with Crippen molar-refractivity contribution in [2.24, 2.45) is 0 Å². The quantitative estimate of drug-likeness (QED) is 0.197. The van der Waals surface area contributed by atoms with Crippen molar-refractivity contribution in [3.8, 4) is 23.0 Å². The standard InChI is InChI=1S/C42H41N3O/c1-40(2,3)26-15-19-35-32(21-26)33-22-27(41(4,5)6)16-20-36(33)45(35)37-25(23-43)13-17-30-29-11-10-12-31(38(29)46-39(30)37)34-18-14-28(24-44-34)42(7,8)9/h10-22,24H,1-9H3. The molecule has 0 bridgehead atoms. The first-order valence-corrected chi connectivity index (χ1v) is 16.1. The van der Waals surface area contributed by atoms with E-state index in [1.165, 1.54) is 27.5 Å². The lowest BCUT2D eigenvalue weighted by Crippen LogP contribution is -2.11. The Hall–Kier alpha value is -4.88. The maximum Gasteiger partial charge on any atom is 0.160 e. The molecule has 0 aliphatic carbocycles. The summed E-state index contributed by atoms with van der Waals surface area (Å²) in [6.45, 7) is 20.1. The molecule has 4 nitrogen and oxygen atoms in total. The van der Waals surface area contributed by atoms with E-state index in [4.69, 9.17) is 9.40 Å². The van der Waals surface area contributed by atoms with Gasteiger partial charge in [0.2, 0.25) is 0 Å². The van der Waals surface area contributed by atoms with E-state index in [2.05, 4.69) is 140 Å². The van der Waals surface area contributed by atoms with Gasteiger partial charge in [-0.25, -0.2) is 0 Å². The minimum atomic E-state index is -0.00364. The number of nitrogens with zero attached hydrogens (tertiary/aromatic N) is 3. The van der Waals surface area contributed by atoms with E-state index in [-0.39, 0.29) is 16.2 Å². The highest BCUT2D eigenvalue weighted by atomic mass is 16.3. The molecular weight excluding hydrogens is 562 g/mol. The molecule has 0 unspecified atom stereocenters. The third-order valence-corrected chi connectivity index (χ3v) is 9.39. The van der Waals surface area contributed by atoms with E-state index in [1.54, 1.807) is 0 Å². The van der Waals surface area contributed by atoms with E-state index in [1.807, 2.05) is 18.3 Å². The number of nitriles is 1. The minimum absolute atomic E-state index is 0.00364. The monoisotopic (exact) mass is 603 g/mol. The molecule has 0 N–H and O–H groups in total. The number of fused-ring (bicyclic) bond motifs is 6. The topological polar surface area (TPSA) is 54.8 Å². The van der Waals surface area contributed by atoms with Crippen LogP contribution in [0.1, 0.15) is 84.6 Å². The van der Waals surface area contributed by atoms with Gasteiger partial charge in [-0.1, -0.05) is 92.6 Å². The molecule has 4 aromatic carbocycles. The average molecular weight is 604 g/mol. The summed E-state index contributed by atoms with van der Waals surface area (Å²) in [4.78, 5) is 4.86. The molecule has 0 aliphatic rings. The van der Waals surface area contributed by atoms with Crippen molar-refractivity contribution in [2.45, 2.75) is 78.6 Å². The fraction of sp³-hybridized carbons (Fsp3) is 0.286. The Morgan fingerprint density at radius 3 is 1.70 bits per heavy atom. The normalized spacial score (nSPS) is 12.9. The molecule has 46 heavy (non-hydrogen) atoms. The van der Waals surface area contributed by atoms with Gasteiger partial charge in [0.15, 0.2) is 5.58 Å². The number of hydrogen-bond donors (Lipinski definition) is 0. The second kappa shape index (κ2) is 10.1. The Kier molecular flexibility index (Phi) is 6.52. The molecule has 7 rings (SSSR count). The van der Waals surface area contributed by atoms with E-state index in [9.17, 15) is 5.26 Å². The van der Waals surface area contributed by atoms with Gasteiger partial charge in [-0.3, -0.25) is 4.98 Å². The Balaban J connectivity index is 1.56. The van der Waals surface area contributed by atoms with Crippen molar-refractivity contribution < 1.29 is 4.42 Å². The summed E-state index contributed by atoms with van der Waals surface area (Å²) in [6.07, 6.45) is 1.96. The van der Waals surface area contributed by atoms with Crippen LogP contribution in [-0.2, 0) is 16.2 Å². The molecule has 3 heterocycles. The van der Waals surface area contributed by atoms with E-state index < -0.39 is 0 Å². The van der Waals surface area contributed by atoms with Gasteiger partial charge in [0.1, 0.15) is 17.3 Å². The predicted molar refractivity (Wildman–Crippen MR) is 192 cm³/mol. The van der Waals surface area contributed by atoms with Crippen LogP contribution >= 0.6 is 0 Å². The highest BCUT2D eigenvalue weighted by Crippen LogP contribution is 2.43. The number of para-hydroxylation sites is 1.